The first-order valence-electron chi connectivity index (χ1n) is 7.25. The summed E-state index contributed by atoms with van der Waals surface area (Å²) in [5.74, 6) is -1.46. The predicted molar refractivity (Wildman–Crippen MR) is 79.6 cm³/mol. The smallest absolute Gasteiger partial charge is 0.322 e. The van der Waals surface area contributed by atoms with Crippen LogP contribution in [-0.4, -0.2) is 44.2 Å². The summed E-state index contributed by atoms with van der Waals surface area (Å²) in [6.07, 6.45) is 1.65. The standard InChI is InChI=1S/C15H18FNO5S/c1-17(23(20,21)12-8-6-11(16)7-9-12)10-15(19)22-14-5-3-2-4-13(14)18/h6-9,14H,2-5,10H2,1H3/t14-/m0/s1. The highest BCUT2D eigenvalue weighted by Gasteiger charge is 2.28. The fourth-order valence-corrected chi connectivity index (χ4v) is 3.44. The van der Waals surface area contributed by atoms with E-state index < -0.39 is 34.5 Å². The molecule has 1 aromatic rings. The minimum absolute atomic E-state index is 0.122. The molecule has 0 bridgehead atoms. The molecule has 0 radical (unpaired) electrons. The lowest BCUT2D eigenvalue weighted by Gasteiger charge is -2.22. The average Bonchev–Trinajstić information content (AvgIpc) is 2.50. The van der Waals surface area contributed by atoms with Crippen molar-refractivity contribution in [2.45, 2.75) is 36.7 Å². The van der Waals surface area contributed by atoms with E-state index in [2.05, 4.69) is 0 Å². The molecule has 0 unspecified atom stereocenters. The minimum atomic E-state index is -3.92. The molecule has 1 atom stereocenters. The summed E-state index contributed by atoms with van der Waals surface area (Å²) in [5.41, 5.74) is 0. The summed E-state index contributed by atoms with van der Waals surface area (Å²) in [7, 11) is -2.70. The van der Waals surface area contributed by atoms with E-state index in [9.17, 15) is 22.4 Å². The number of ether oxygens (including phenoxy) is 1. The van der Waals surface area contributed by atoms with Crippen LogP contribution < -0.4 is 0 Å². The number of sulfonamides is 1. The number of carbonyl (C=O) groups excluding carboxylic acids is 2. The van der Waals surface area contributed by atoms with Gasteiger partial charge in [0.15, 0.2) is 11.9 Å². The molecule has 126 valence electrons. The Labute approximate surface area is 134 Å². The number of benzene rings is 1. The van der Waals surface area contributed by atoms with Crippen molar-refractivity contribution in [1.29, 1.82) is 0 Å². The van der Waals surface area contributed by atoms with Crippen LogP contribution in [0.15, 0.2) is 29.2 Å². The van der Waals surface area contributed by atoms with Crippen LogP contribution in [0.1, 0.15) is 25.7 Å². The Bertz CT molecular complexity index is 686. The van der Waals surface area contributed by atoms with E-state index in [-0.39, 0.29) is 10.7 Å². The predicted octanol–water partition coefficient (Wildman–Crippen LogP) is 1.50. The molecule has 8 heteroatoms. The monoisotopic (exact) mass is 343 g/mol. The Kier molecular flexibility index (Phi) is 5.48. The minimum Gasteiger partial charge on any atom is -0.453 e. The number of nitrogens with zero attached hydrogens (tertiary/aromatic N) is 1. The van der Waals surface area contributed by atoms with Gasteiger partial charge in [-0.3, -0.25) is 9.59 Å². The van der Waals surface area contributed by atoms with E-state index in [4.69, 9.17) is 4.74 Å². The first-order chi connectivity index (χ1) is 10.8. The quantitative estimate of drug-likeness (QED) is 0.757. The van der Waals surface area contributed by atoms with Gasteiger partial charge in [0.2, 0.25) is 10.0 Å². The zero-order valence-corrected chi connectivity index (χ0v) is 13.5. The van der Waals surface area contributed by atoms with Crippen molar-refractivity contribution < 1.29 is 27.1 Å². The third kappa shape index (κ3) is 4.35. The molecular formula is C15H18FNO5S. The number of esters is 1. The Hall–Kier alpha value is -1.80. The van der Waals surface area contributed by atoms with Crippen LogP contribution in [0.3, 0.4) is 0 Å². The molecule has 23 heavy (non-hydrogen) atoms. The lowest BCUT2D eigenvalue weighted by Crippen LogP contribution is -2.37. The van der Waals surface area contributed by atoms with Crippen LogP contribution in [0.25, 0.3) is 0 Å². The maximum absolute atomic E-state index is 12.9. The lowest BCUT2D eigenvalue weighted by molar-refractivity contribution is -0.156. The lowest BCUT2D eigenvalue weighted by atomic mass is 9.96. The van der Waals surface area contributed by atoms with E-state index in [1.165, 1.54) is 7.05 Å². The third-order valence-corrected chi connectivity index (χ3v) is 5.46. The molecule has 1 saturated carbocycles. The number of rotatable bonds is 5. The summed E-state index contributed by atoms with van der Waals surface area (Å²) in [5, 5.41) is 0. The molecule has 0 spiro atoms. The highest BCUT2D eigenvalue weighted by Crippen LogP contribution is 2.18. The number of carbonyl (C=O) groups is 2. The van der Waals surface area contributed by atoms with Crippen molar-refractivity contribution in [1.82, 2.24) is 4.31 Å². The fourth-order valence-electron chi connectivity index (χ4n) is 2.32. The number of Topliss-reactive ketones (excluding diaryl/α,β-unsaturated/α-hetero) is 1. The summed E-state index contributed by atoms with van der Waals surface area (Å²) in [4.78, 5) is 23.4. The molecule has 6 nitrogen and oxygen atoms in total. The molecule has 1 fully saturated rings. The number of likely N-dealkylation sites (N-methyl/N-ethyl adjacent to an activating group) is 1. The summed E-state index contributed by atoms with van der Waals surface area (Å²) in [6, 6.07) is 4.30. The maximum Gasteiger partial charge on any atom is 0.322 e. The highest BCUT2D eigenvalue weighted by atomic mass is 32.2. The van der Waals surface area contributed by atoms with Gasteiger partial charge in [-0.15, -0.1) is 0 Å². The second kappa shape index (κ2) is 7.18. The van der Waals surface area contributed by atoms with Crippen LogP contribution in [0.2, 0.25) is 0 Å². The molecule has 1 aliphatic carbocycles. The van der Waals surface area contributed by atoms with Gasteiger partial charge in [0.05, 0.1) is 4.90 Å². The van der Waals surface area contributed by atoms with Crippen molar-refractivity contribution in [3.63, 3.8) is 0 Å². The Morgan fingerprint density at radius 3 is 2.57 bits per heavy atom. The van der Waals surface area contributed by atoms with E-state index in [0.29, 0.717) is 12.8 Å². The SMILES string of the molecule is CN(CC(=O)O[C@H]1CCCCC1=O)S(=O)(=O)c1ccc(F)cc1. The van der Waals surface area contributed by atoms with Gasteiger partial charge < -0.3 is 4.74 Å². The Morgan fingerprint density at radius 2 is 1.96 bits per heavy atom. The average molecular weight is 343 g/mol. The summed E-state index contributed by atoms with van der Waals surface area (Å²) >= 11 is 0. The maximum atomic E-state index is 12.9. The van der Waals surface area contributed by atoms with Gasteiger partial charge >= 0.3 is 5.97 Å². The first kappa shape index (κ1) is 17.6. The van der Waals surface area contributed by atoms with Crippen molar-refractivity contribution in [3.05, 3.63) is 30.1 Å². The fraction of sp³-hybridized carbons (Fsp3) is 0.467. The zero-order chi connectivity index (χ0) is 17.0. The first-order valence-corrected chi connectivity index (χ1v) is 8.69. The Morgan fingerprint density at radius 1 is 1.30 bits per heavy atom. The molecule has 0 aromatic heterocycles. The highest BCUT2D eigenvalue weighted by molar-refractivity contribution is 7.89. The number of halogens is 1. The molecule has 0 saturated heterocycles. The van der Waals surface area contributed by atoms with Crippen molar-refractivity contribution in [2.24, 2.45) is 0 Å². The number of ketones is 1. The van der Waals surface area contributed by atoms with Crippen molar-refractivity contribution in [2.75, 3.05) is 13.6 Å². The van der Waals surface area contributed by atoms with Crippen molar-refractivity contribution in [3.8, 4) is 0 Å². The van der Waals surface area contributed by atoms with Gasteiger partial charge in [0.25, 0.3) is 0 Å². The van der Waals surface area contributed by atoms with Crippen LogP contribution in [0.5, 0.6) is 0 Å². The van der Waals surface area contributed by atoms with Gasteiger partial charge in [0, 0.05) is 13.5 Å². The Balaban J connectivity index is 1.99. The molecule has 0 aliphatic heterocycles. The molecule has 1 aromatic carbocycles. The molecular weight excluding hydrogens is 325 g/mol. The van der Waals surface area contributed by atoms with Gasteiger partial charge in [-0.05, 0) is 43.5 Å². The van der Waals surface area contributed by atoms with Crippen LogP contribution in [-0.2, 0) is 24.3 Å². The normalized spacial score (nSPS) is 18.9. The topological polar surface area (TPSA) is 80.8 Å². The van der Waals surface area contributed by atoms with Crippen molar-refractivity contribution >= 4 is 21.8 Å². The number of hydrogen-bond donors (Lipinski definition) is 0. The van der Waals surface area contributed by atoms with Gasteiger partial charge in [-0.25, -0.2) is 12.8 Å². The van der Waals surface area contributed by atoms with E-state index in [0.717, 1.165) is 41.4 Å². The molecule has 1 aliphatic rings. The third-order valence-electron chi connectivity index (χ3n) is 3.65. The zero-order valence-electron chi connectivity index (χ0n) is 12.7. The van der Waals surface area contributed by atoms with Crippen LogP contribution in [0.4, 0.5) is 4.39 Å². The van der Waals surface area contributed by atoms with E-state index in [1.807, 2.05) is 0 Å². The van der Waals surface area contributed by atoms with E-state index in [1.54, 1.807) is 0 Å². The molecule has 0 N–H and O–H groups in total. The molecule has 0 amide bonds. The summed E-state index contributed by atoms with van der Waals surface area (Å²) < 4.78 is 43.3. The van der Waals surface area contributed by atoms with Gasteiger partial charge in [-0.2, -0.15) is 4.31 Å². The number of hydrogen-bond acceptors (Lipinski definition) is 5. The van der Waals surface area contributed by atoms with Crippen LogP contribution >= 0.6 is 0 Å². The van der Waals surface area contributed by atoms with Crippen LogP contribution in [0, 0.1) is 5.82 Å². The molecule has 2 rings (SSSR count). The second-order valence-corrected chi connectivity index (χ2v) is 7.45. The summed E-state index contributed by atoms with van der Waals surface area (Å²) in [6.45, 7) is -0.510. The van der Waals surface area contributed by atoms with Gasteiger partial charge in [0.1, 0.15) is 12.4 Å². The van der Waals surface area contributed by atoms with Gasteiger partial charge in [-0.1, -0.05) is 0 Å². The molecule has 0 heterocycles. The van der Waals surface area contributed by atoms with E-state index >= 15 is 0 Å². The second-order valence-electron chi connectivity index (χ2n) is 5.41. The largest absolute Gasteiger partial charge is 0.453 e.